The van der Waals surface area contributed by atoms with Gasteiger partial charge in [-0.15, -0.1) is 11.6 Å². The molecule has 20 heavy (non-hydrogen) atoms. The molecule has 0 saturated heterocycles. The van der Waals surface area contributed by atoms with E-state index in [4.69, 9.17) is 11.6 Å². The van der Waals surface area contributed by atoms with Gasteiger partial charge >= 0.3 is 0 Å². The van der Waals surface area contributed by atoms with E-state index in [1.165, 1.54) is 12.8 Å². The van der Waals surface area contributed by atoms with E-state index in [1.54, 1.807) is 16.4 Å². The second-order valence-corrected chi connectivity index (χ2v) is 8.13. The van der Waals surface area contributed by atoms with Gasteiger partial charge in [0.15, 0.2) is 0 Å². The zero-order valence-electron chi connectivity index (χ0n) is 11.7. The lowest BCUT2D eigenvalue weighted by Gasteiger charge is -2.22. The number of hydrogen-bond donors (Lipinski definition) is 0. The second-order valence-electron chi connectivity index (χ2n) is 5.97. The van der Waals surface area contributed by atoms with Gasteiger partial charge < -0.3 is 0 Å². The predicted octanol–water partition coefficient (Wildman–Crippen LogP) is 3.30. The molecular weight excluding hydrogens is 294 g/mol. The van der Waals surface area contributed by atoms with Crippen molar-refractivity contribution < 1.29 is 8.42 Å². The van der Waals surface area contributed by atoms with Crippen LogP contribution in [0.4, 0.5) is 0 Å². The van der Waals surface area contributed by atoms with Crippen molar-refractivity contribution in [1.82, 2.24) is 4.31 Å². The summed E-state index contributed by atoms with van der Waals surface area (Å²) < 4.78 is 27.4. The smallest absolute Gasteiger partial charge is 0.207 e. The van der Waals surface area contributed by atoms with E-state index < -0.39 is 10.0 Å². The summed E-state index contributed by atoms with van der Waals surface area (Å²) >= 11 is 5.89. The van der Waals surface area contributed by atoms with E-state index in [1.807, 2.05) is 13.0 Å². The lowest BCUT2D eigenvalue weighted by molar-refractivity contribution is 0.388. The van der Waals surface area contributed by atoms with Crippen LogP contribution in [0.5, 0.6) is 0 Å². The minimum absolute atomic E-state index is 0.223. The van der Waals surface area contributed by atoms with E-state index in [-0.39, 0.29) is 6.04 Å². The third kappa shape index (κ3) is 2.87. The largest absolute Gasteiger partial charge is 0.243 e. The van der Waals surface area contributed by atoms with Crippen molar-refractivity contribution in [2.24, 2.45) is 5.92 Å². The van der Waals surface area contributed by atoms with Crippen molar-refractivity contribution >= 4 is 21.6 Å². The molecule has 0 spiro atoms. The first-order valence-electron chi connectivity index (χ1n) is 7.19. The Kier molecular flexibility index (Phi) is 3.82. The highest BCUT2D eigenvalue weighted by molar-refractivity contribution is 7.89. The number of hydrogen-bond acceptors (Lipinski definition) is 2. The minimum Gasteiger partial charge on any atom is -0.207 e. The highest BCUT2D eigenvalue weighted by atomic mass is 35.5. The molecule has 0 unspecified atom stereocenters. The van der Waals surface area contributed by atoms with Crippen LogP contribution >= 0.6 is 11.6 Å². The van der Waals surface area contributed by atoms with Gasteiger partial charge in [0.05, 0.1) is 4.90 Å². The normalized spacial score (nSPS) is 19.6. The lowest BCUT2D eigenvalue weighted by atomic mass is 10.1. The zero-order chi connectivity index (χ0) is 14.3. The lowest BCUT2D eigenvalue weighted by Crippen LogP contribution is -2.35. The summed E-state index contributed by atoms with van der Waals surface area (Å²) in [4.78, 5) is 0.395. The molecular formula is C15H20ClNO2S. The Bertz CT molecular complexity index is 606. The van der Waals surface area contributed by atoms with Gasteiger partial charge in [-0.3, -0.25) is 0 Å². The summed E-state index contributed by atoms with van der Waals surface area (Å²) in [6, 6.07) is 5.52. The Labute approximate surface area is 126 Å². The van der Waals surface area contributed by atoms with Crippen LogP contribution in [0.25, 0.3) is 0 Å². The quantitative estimate of drug-likeness (QED) is 0.756. The minimum atomic E-state index is -3.37. The average molecular weight is 314 g/mol. The van der Waals surface area contributed by atoms with Crippen LogP contribution in [0.2, 0.25) is 0 Å². The first-order chi connectivity index (χ1) is 9.52. The standard InChI is InChI=1S/C15H20ClNO2S/c1-11-2-7-15(8-13(11)9-16)20(18,19)17(14-5-6-14)10-12-3-4-12/h2,7-8,12,14H,3-6,9-10H2,1H3. The molecule has 0 radical (unpaired) electrons. The molecule has 2 saturated carbocycles. The van der Waals surface area contributed by atoms with Crippen molar-refractivity contribution in [3.8, 4) is 0 Å². The Morgan fingerprint density at radius 3 is 2.50 bits per heavy atom. The van der Waals surface area contributed by atoms with Crippen molar-refractivity contribution in [2.75, 3.05) is 6.54 Å². The van der Waals surface area contributed by atoms with Gasteiger partial charge in [0.2, 0.25) is 10.0 Å². The van der Waals surface area contributed by atoms with Gasteiger partial charge in [-0.1, -0.05) is 6.07 Å². The van der Waals surface area contributed by atoms with E-state index in [2.05, 4.69) is 0 Å². The van der Waals surface area contributed by atoms with Gasteiger partial charge in [-0.05, 0) is 61.8 Å². The summed E-state index contributed by atoms with van der Waals surface area (Å²) in [6.07, 6.45) is 4.33. The molecule has 5 heteroatoms. The highest BCUT2D eigenvalue weighted by Gasteiger charge is 2.41. The SMILES string of the molecule is Cc1ccc(S(=O)(=O)N(CC2CC2)C2CC2)cc1CCl. The van der Waals surface area contributed by atoms with E-state index in [0.717, 1.165) is 24.0 Å². The maximum atomic E-state index is 12.8. The molecule has 0 atom stereocenters. The highest BCUT2D eigenvalue weighted by Crippen LogP contribution is 2.38. The topological polar surface area (TPSA) is 37.4 Å². The first kappa shape index (κ1) is 14.4. The van der Waals surface area contributed by atoms with Crippen LogP contribution in [-0.4, -0.2) is 25.3 Å². The molecule has 0 bridgehead atoms. The number of alkyl halides is 1. The van der Waals surface area contributed by atoms with E-state index >= 15 is 0 Å². The fourth-order valence-electron chi connectivity index (χ4n) is 2.45. The van der Waals surface area contributed by atoms with Crippen molar-refractivity contribution in [3.05, 3.63) is 29.3 Å². The molecule has 1 aromatic rings. The molecule has 0 N–H and O–H groups in total. The second kappa shape index (κ2) is 5.32. The summed E-state index contributed by atoms with van der Waals surface area (Å²) in [7, 11) is -3.37. The first-order valence-corrected chi connectivity index (χ1v) is 9.17. The molecule has 1 aromatic carbocycles. The summed E-state index contributed by atoms with van der Waals surface area (Å²) in [6.45, 7) is 2.65. The third-order valence-corrected chi connectivity index (χ3v) is 6.36. The fraction of sp³-hybridized carbons (Fsp3) is 0.600. The average Bonchev–Trinajstić information content (AvgIpc) is 3.28. The van der Waals surface area contributed by atoms with Gasteiger partial charge in [0, 0.05) is 18.5 Å². The molecule has 2 fully saturated rings. The Morgan fingerprint density at radius 1 is 1.25 bits per heavy atom. The predicted molar refractivity (Wildman–Crippen MR) is 80.4 cm³/mol. The summed E-state index contributed by atoms with van der Waals surface area (Å²) in [5.41, 5.74) is 1.94. The van der Waals surface area contributed by atoms with Crippen LogP contribution in [0.15, 0.2) is 23.1 Å². The van der Waals surface area contributed by atoms with Crippen molar-refractivity contribution in [3.63, 3.8) is 0 Å². The van der Waals surface area contributed by atoms with Gasteiger partial charge in [0.25, 0.3) is 0 Å². The van der Waals surface area contributed by atoms with Crippen LogP contribution in [0.3, 0.4) is 0 Å². The number of sulfonamides is 1. The molecule has 110 valence electrons. The molecule has 3 nitrogen and oxygen atoms in total. The van der Waals surface area contributed by atoms with E-state index in [9.17, 15) is 8.42 Å². The zero-order valence-corrected chi connectivity index (χ0v) is 13.3. The van der Waals surface area contributed by atoms with Gasteiger partial charge in [0.1, 0.15) is 0 Å². The number of rotatable bonds is 6. The Morgan fingerprint density at radius 2 is 1.95 bits per heavy atom. The van der Waals surface area contributed by atoms with Crippen LogP contribution in [0, 0.1) is 12.8 Å². The van der Waals surface area contributed by atoms with E-state index in [0.29, 0.717) is 23.2 Å². The Hall–Kier alpha value is -0.580. The summed E-state index contributed by atoms with van der Waals surface area (Å²) in [5, 5.41) is 0. The molecule has 2 aliphatic rings. The molecule has 0 heterocycles. The molecule has 0 aromatic heterocycles. The van der Waals surface area contributed by atoms with Gasteiger partial charge in [-0.25, -0.2) is 8.42 Å². The molecule has 0 aliphatic heterocycles. The molecule has 0 amide bonds. The van der Waals surface area contributed by atoms with Crippen LogP contribution in [0.1, 0.15) is 36.8 Å². The van der Waals surface area contributed by atoms with Gasteiger partial charge in [-0.2, -0.15) is 4.31 Å². The fourth-order valence-corrected chi connectivity index (χ4v) is 4.55. The number of aryl methyl sites for hydroxylation is 1. The number of halogens is 1. The van der Waals surface area contributed by atoms with Crippen molar-refractivity contribution in [2.45, 2.75) is 49.4 Å². The van der Waals surface area contributed by atoms with Crippen molar-refractivity contribution in [1.29, 1.82) is 0 Å². The third-order valence-electron chi connectivity index (χ3n) is 4.16. The van der Waals surface area contributed by atoms with Crippen LogP contribution in [-0.2, 0) is 15.9 Å². The summed E-state index contributed by atoms with van der Waals surface area (Å²) in [5.74, 6) is 0.921. The molecule has 3 rings (SSSR count). The Balaban J connectivity index is 1.92. The number of nitrogens with zero attached hydrogens (tertiary/aromatic N) is 1. The molecule has 2 aliphatic carbocycles. The monoisotopic (exact) mass is 313 g/mol. The van der Waals surface area contributed by atoms with Crippen LogP contribution < -0.4 is 0 Å². The number of benzene rings is 1. The maximum absolute atomic E-state index is 12.8. The maximum Gasteiger partial charge on any atom is 0.243 e.